The molecule has 1 N–H and O–H groups in total. The third kappa shape index (κ3) is 12.0. The van der Waals surface area contributed by atoms with Crippen molar-refractivity contribution in [1.82, 2.24) is 10.2 Å². The maximum atomic E-state index is 12.2. The number of halogens is 3. The Morgan fingerprint density at radius 2 is 1.65 bits per heavy atom. The summed E-state index contributed by atoms with van der Waals surface area (Å²) in [6, 6.07) is 0. The number of likely N-dealkylation sites (N-methyl/N-ethyl adjacent to an activating group) is 1. The molecule has 0 aromatic heterocycles. The molecule has 0 rings (SSSR count). The van der Waals surface area contributed by atoms with Gasteiger partial charge in [-0.2, -0.15) is 13.2 Å². The summed E-state index contributed by atoms with van der Waals surface area (Å²) < 4.78 is 36.5. The quantitative estimate of drug-likeness (QED) is 0.703. The molecule has 5 heteroatoms. The Labute approximate surface area is 103 Å². The van der Waals surface area contributed by atoms with Gasteiger partial charge in [0.15, 0.2) is 0 Å². The highest BCUT2D eigenvalue weighted by atomic mass is 19.4. The Kier molecular flexibility index (Phi) is 7.09. The Morgan fingerprint density at radius 1 is 1.06 bits per heavy atom. The minimum absolute atomic E-state index is 0.267. The average molecular weight is 254 g/mol. The summed E-state index contributed by atoms with van der Waals surface area (Å²) in [5.74, 6) is 0. The summed E-state index contributed by atoms with van der Waals surface area (Å²) in [7, 11) is 0. The fourth-order valence-electron chi connectivity index (χ4n) is 1.43. The fraction of sp³-hybridized carbons (Fsp3) is 1.00. The van der Waals surface area contributed by atoms with Crippen LogP contribution in [0, 0.1) is 5.41 Å². The van der Waals surface area contributed by atoms with Crippen molar-refractivity contribution in [2.75, 3.05) is 32.7 Å². The smallest absolute Gasteiger partial charge is 0.315 e. The molecular formula is C12H25F3N2. The summed E-state index contributed by atoms with van der Waals surface area (Å²) >= 11 is 0. The normalized spacial score (nSPS) is 13.4. The Bertz CT molecular complexity index is 197. The maximum Gasteiger partial charge on any atom is 0.401 e. The number of rotatable bonds is 7. The SMILES string of the molecule is CCN(CCNCCC(C)(C)C)CC(F)(F)F. The van der Waals surface area contributed by atoms with Crippen LogP contribution in [-0.4, -0.2) is 43.8 Å². The van der Waals surface area contributed by atoms with E-state index in [9.17, 15) is 13.2 Å². The monoisotopic (exact) mass is 254 g/mol. The summed E-state index contributed by atoms with van der Waals surface area (Å²) in [5.41, 5.74) is 0.267. The molecule has 0 aromatic rings. The lowest BCUT2D eigenvalue weighted by Crippen LogP contribution is -2.39. The van der Waals surface area contributed by atoms with E-state index in [1.807, 2.05) is 0 Å². The third-order valence-electron chi connectivity index (χ3n) is 2.51. The number of nitrogens with one attached hydrogen (secondary N) is 1. The van der Waals surface area contributed by atoms with Gasteiger partial charge in [0.25, 0.3) is 0 Å². The lowest BCUT2D eigenvalue weighted by molar-refractivity contribution is -0.145. The van der Waals surface area contributed by atoms with Gasteiger partial charge in [0, 0.05) is 13.1 Å². The molecule has 0 aromatic carbocycles. The van der Waals surface area contributed by atoms with Crippen LogP contribution >= 0.6 is 0 Å². The van der Waals surface area contributed by atoms with Gasteiger partial charge in [0.1, 0.15) is 0 Å². The second-order valence-corrected chi connectivity index (χ2v) is 5.54. The maximum absolute atomic E-state index is 12.2. The van der Waals surface area contributed by atoms with E-state index in [1.165, 1.54) is 4.90 Å². The Hall–Kier alpha value is -0.290. The molecule has 17 heavy (non-hydrogen) atoms. The first kappa shape index (κ1) is 16.7. The van der Waals surface area contributed by atoms with Crippen molar-refractivity contribution in [2.24, 2.45) is 5.41 Å². The first-order valence-electron chi connectivity index (χ1n) is 6.14. The second kappa shape index (κ2) is 7.21. The van der Waals surface area contributed by atoms with E-state index in [0.29, 0.717) is 19.6 Å². The zero-order valence-electron chi connectivity index (χ0n) is 11.3. The predicted molar refractivity (Wildman–Crippen MR) is 65.1 cm³/mol. The van der Waals surface area contributed by atoms with Crippen LogP contribution < -0.4 is 5.32 Å². The van der Waals surface area contributed by atoms with Crippen molar-refractivity contribution in [3.8, 4) is 0 Å². The van der Waals surface area contributed by atoms with Crippen molar-refractivity contribution < 1.29 is 13.2 Å². The van der Waals surface area contributed by atoms with Gasteiger partial charge in [-0.15, -0.1) is 0 Å². The Balaban J connectivity index is 3.64. The predicted octanol–water partition coefficient (Wildman–Crippen LogP) is 2.90. The van der Waals surface area contributed by atoms with E-state index in [-0.39, 0.29) is 5.41 Å². The molecular weight excluding hydrogens is 229 g/mol. The molecule has 0 radical (unpaired) electrons. The highest BCUT2D eigenvalue weighted by molar-refractivity contribution is 4.66. The van der Waals surface area contributed by atoms with Gasteiger partial charge in [-0.25, -0.2) is 0 Å². The van der Waals surface area contributed by atoms with Gasteiger partial charge >= 0.3 is 6.18 Å². The molecule has 0 aliphatic carbocycles. The summed E-state index contributed by atoms with van der Waals surface area (Å²) in [6.45, 7) is 9.73. The zero-order chi connectivity index (χ0) is 13.5. The molecule has 0 unspecified atom stereocenters. The first-order chi connectivity index (χ1) is 7.64. The van der Waals surface area contributed by atoms with Crippen LogP contribution in [0.4, 0.5) is 13.2 Å². The minimum atomic E-state index is -4.10. The van der Waals surface area contributed by atoms with Crippen LogP contribution in [-0.2, 0) is 0 Å². The second-order valence-electron chi connectivity index (χ2n) is 5.54. The summed E-state index contributed by atoms with van der Waals surface area (Å²) in [5, 5.41) is 3.18. The highest BCUT2D eigenvalue weighted by Gasteiger charge is 2.29. The zero-order valence-corrected chi connectivity index (χ0v) is 11.3. The van der Waals surface area contributed by atoms with Crippen molar-refractivity contribution in [1.29, 1.82) is 0 Å². The molecule has 0 saturated carbocycles. The van der Waals surface area contributed by atoms with Gasteiger partial charge in [-0.05, 0) is 24.9 Å². The van der Waals surface area contributed by atoms with Crippen LogP contribution in [0.1, 0.15) is 34.1 Å². The van der Waals surface area contributed by atoms with Gasteiger partial charge in [0.2, 0.25) is 0 Å². The molecule has 0 atom stereocenters. The average Bonchev–Trinajstić information content (AvgIpc) is 2.11. The van der Waals surface area contributed by atoms with E-state index in [1.54, 1.807) is 6.92 Å². The molecule has 2 nitrogen and oxygen atoms in total. The van der Waals surface area contributed by atoms with Crippen LogP contribution in [0.5, 0.6) is 0 Å². The number of alkyl halides is 3. The molecule has 0 saturated heterocycles. The summed E-state index contributed by atoms with van der Waals surface area (Å²) in [6.07, 6.45) is -3.07. The molecule has 0 fully saturated rings. The lowest BCUT2D eigenvalue weighted by Gasteiger charge is -2.23. The van der Waals surface area contributed by atoms with Crippen molar-refractivity contribution in [3.05, 3.63) is 0 Å². The molecule has 0 aliphatic rings. The third-order valence-corrected chi connectivity index (χ3v) is 2.51. The van der Waals surface area contributed by atoms with Gasteiger partial charge in [-0.1, -0.05) is 27.7 Å². The van der Waals surface area contributed by atoms with E-state index in [4.69, 9.17) is 0 Å². The molecule has 0 amide bonds. The molecule has 0 spiro atoms. The van der Waals surface area contributed by atoms with E-state index in [0.717, 1.165) is 13.0 Å². The lowest BCUT2D eigenvalue weighted by atomic mass is 9.92. The summed E-state index contributed by atoms with van der Waals surface area (Å²) in [4.78, 5) is 1.41. The number of hydrogen-bond acceptors (Lipinski definition) is 2. The van der Waals surface area contributed by atoms with E-state index >= 15 is 0 Å². The fourth-order valence-corrected chi connectivity index (χ4v) is 1.43. The van der Waals surface area contributed by atoms with Crippen LogP contribution in [0.3, 0.4) is 0 Å². The first-order valence-corrected chi connectivity index (χ1v) is 6.14. The molecule has 0 heterocycles. The highest BCUT2D eigenvalue weighted by Crippen LogP contribution is 2.17. The molecule has 104 valence electrons. The van der Waals surface area contributed by atoms with Crippen molar-refractivity contribution in [3.63, 3.8) is 0 Å². The van der Waals surface area contributed by atoms with Gasteiger partial charge < -0.3 is 5.32 Å². The minimum Gasteiger partial charge on any atom is -0.315 e. The molecule has 0 aliphatic heterocycles. The molecule has 0 bridgehead atoms. The van der Waals surface area contributed by atoms with E-state index in [2.05, 4.69) is 26.1 Å². The largest absolute Gasteiger partial charge is 0.401 e. The van der Waals surface area contributed by atoms with E-state index < -0.39 is 12.7 Å². The van der Waals surface area contributed by atoms with Crippen molar-refractivity contribution >= 4 is 0 Å². The Morgan fingerprint density at radius 3 is 2.06 bits per heavy atom. The van der Waals surface area contributed by atoms with Crippen LogP contribution in [0.2, 0.25) is 0 Å². The van der Waals surface area contributed by atoms with Crippen LogP contribution in [0.25, 0.3) is 0 Å². The van der Waals surface area contributed by atoms with Crippen molar-refractivity contribution in [2.45, 2.75) is 40.3 Å². The number of hydrogen-bond donors (Lipinski definition) is 1. The van der Waals surface area contributed by atoms with Crippen LogP contribution in [0.15, 0.2) is 0 Å². The van der Waals surface area contributed by atoms with Gasteiger partial charge in [-0.3, -0.25) is 4.90 Å². The van der Waals surface area contributed by atoms with Gasteiger partial charge in [0.05, 0.1) is 6.54 Å². The number of nitrogens with zero attached hydrogens (tertiary/aromatic N) is 1. The standard InChI is InChI=1S/C12H25F3N2/c1-5-17(10-12(13,14)15)9-8-16-7-6-11(2,3)4/h16H,5-10H2,1-4H3. The topological polar surface area (TPSA) is 15.3 Å².